The van der Waals surface area contributed by atoms with Gasteiger partial charge in [-0.2, -0.15) is 5.26 Å². The van der Waals surface area contributed by atoms with Gasteiger partial charge in [0.1, 0.15) is 5.76 Å². The van der Waals surface area contributed by atoms with Crippen LogP contribution in [0.15, 0.2) is 11.8 Å². The molecule has 0 heterocycles. The van der Waals surface area contributed by atoms with E-state index in [0.717, 1.165) is 0 Å². The Bertz CT molecular complexity index is 311. The monoisotopic (exact) mass is 225 g/mol. The number of hydrogen-bond acceptors (Lipinski definition) is 4. The molecule has 0 rings (SSSR count). The zero-order valence-electron chi connectivity index (χ0n) is 10.5. The summed E-state index contributed by atoms with van der Waals surface area (Å²) in [5.74, 6) is 0.615. The fraction of sp³-hybridized carbons (Fsp3) is 0.667. The van der Waals surface area contributed by atoms with Crippen molar-refractivity contribution in [1.82, 2.24) is 0 Å². The summed E-state index contributed by atoms with van der Waals surface area (Å²) in [6.45, 7) is 7.49. The van der Waals surface area contributed by atoms with Crippen LogP contribution in [0.3, 0.4) is 0 Å². The summed E-state index contributed by atoms with van der Waals surface area (Å²) in [5.41, 5.74) is -0.459. The summed E-state index contributed by atoms with van der Waals surface area (Å²) in [7, 11) is 1.26. The summed E-state index contributed by atoms with van der Waals surface area (Å²) in [4.78, 5) is 11.0. The normalized spacial score (nSPS) is 12.2. The standard InChI is InChI=1S/C12H19NO3/c1-9(2)10(16-11(14)15-5)6-7-12(3,4)8-13/h6,9H,7H2,1-5H3/b10-6-. The number of nitriles is 1. The van der Waals surface area contributed by atoms with Crippen molar-refractivity contribution in [2.24, 2.45) is 11.3 Å². The number of nitrogens with zero attached hydrogens (tertiary/aromatic N) is 1. The zero-order chi connectivity index (χ0) is 12.8. The van der Waals surface area contributed by atoms with Gasteiger partial charge in [0.05, 0.1) is 18.6 Å². The summed E-state index contributed by atoms with van der Waals surface area (Å²) in [5, 5.41) is 8.86. The lowest BCUT2D eigenvalue weighted by Crippen LogP contribution is -2.11. The van der Waals surface area contributed by atoms with E-state index in [1.807, 2.05) is 27.7 Å². The van der Waals surface area contributed by atoms with Gasteiger partial charge < -0.3 is 9.47 Å². The highest BCUT2D eigenvalue weighted by atomic mass is 16.7. The van der Waals surface area contributed by atoms with Gasteiger partial charge >= 0.3 is 6.16 Å². The minimum atomic E-state index is -0.727. The lowest BCUT2D eigenvalue weighted by atomic mass is 9.90. The van der Waals surface area contributed by atoms with E-state index in [2.05, 4.69) is 10.8 Å². The molecule has 0 aliphatic heterocycles. The van der Waals surface area contributed by atoms with E-state index in [4.69, 9.17) is 10.00 Å². The van der Waals surface area contributed by atoms with Crippen LogP contribution >= 0.6 is 0 Å². The molecule has 0 aliphatic rings. The summed E-state index contributed by atoms with van der Waals surface area (Å²) < 4.78 is 9.41. The molecular weight excluding hydrogens is 206 g/mol. The summed E-state index contributed by atoms with van der Waals surface area (Å²) in [6.07, 6.45) is 1.58. The smallest absolute Gasteiger partial charge is 0.437 e. The highest BCUT2D eigenvalue weighted by Gasteiger charge is 2.17. The molecule has 0 aromatic carbocycles. The number of methoxy groups -OCH3 is 1. The van der Waals surface area contributed by atoms with Gasteiger partial charge in [-0.05, 0) is 26.3 Å². The molecule has 16 heavy (non-hydrogen) atoms. The molecule has 4 heteroatoms. The Hall–Kier alpha value is -1.50. The van der Waals surface area contributed by atoms with Crippen molar-refractivity contribution in [2.75, 3.05) is 7.11 Å². The third-order valence-corrected chi connectivity index (χ3v) is 2.05. The zero-order valence-corrected chi connectivity index (χ0v) is 10.5. The lowest BCUT2D eigenvalue weighted by Gasteiger charge is -2.15. The van der Waals surface area contributed by atoms with Crippen LogP contribution in [0.4, 0.5) is 4.79 Å². The van der Waals surface area contributed by atoms with Crippen LogP contribution in [0.2, 0.25) is 0 Å². The number of hydrogen-bond donors (Lipinski definition) is 0. The van der Waals surface area contributed by atoms with Crippen LogP contribution in [-0.2, 0) is 9.47 Å². The van der Waals surface area contributed by atoms with Gasteiger partial charge in [-0.3, -0.25) is 0 Å². The first-order chi connectivity index (χ1) is 7.32. The van der Waals surface area contributed by atoms with Gasteiger partial charge in [-0.25, -0.2) is 4.79 Å². The Morgan fingerprint density at radius 1 is 1.50 bits per heavy atom. The van der Waals surface area contributed by atoms with Crippen molar-refractivity contribution >= 4 is 6.16 Å². The molecule has 0 saturated carbocycles. The van der Waals surface area contributed by atoms with E-state index in [-0.39, 0.29) is 5.92 Å². The third-order valence-electron chi connectivity index (χ3n) is 2.05. The Morgan fingerprint density at radius 3 is 2.44 bits per heavy atom. The molecule has 0 radical (unpaired) electrons. The molecule has 0 fully saturated rings. The molecule has 0 amide bonds. The molecule has 0 unspecified atom stereocenters. The average molecular weight is 225 g/mol. The fourth-order valence-corrected chi connectivity index (χ4v) is 0.935. The first-order valence-electron chi connectivity index (χ1n) is 5.19. The molecule has 4 nitrogen and oxygen atoms in total. The van der Waals surface area contributed by atoms with Crippen LogP contribution in [0.5, 0.6) is 0 Å². The molecule has 0 saturated heterocycles. The Kier molecular flexibility index (Phi) is 5.59. The third kappa shape index (κ3) is 5.40. The summed E-state index contributed by atoms with van der Waals surface area (Å²) in [6, 6.07) is 2.19. The van der Waals surface area contributed by atoms with E-state index in [0.29, 0.717) is 12.2 Å². The molecule has 0 aliphatic carbocycles. The molecule has 0 aromatic heterocycles. The van der Waals surface area contributed by atoms with Crippen molar-refractivity contribution < 1.29 is 14.3 Å². The van der Waals surface area contributed by atoms with Gasteiger partial charge in [0.15, 0.2) is 0 Å². The van der Waals surface area contributed by atoms with Gasteiger partial charge in [0, 0.05) is 5.92 Å². The largest absolute Gasteiger partial charge is 0.513 e. The van der Waals surface area contributed by atoms with E-state index in [9.17, 15) is 4.79 Å². The molecule has 0 spiro atoms. The van der Waals surface area contributed by atoms with E-state index < -0.39 is 11.6 Å². The van der Waals surface area contributed by atoms with E-state index in [1.165, 1.54) is 7.11 Å². The van der Waals surface area contributed by atoms with Crippen LogP contribution in [0.1, 0.15) is 34.1 Å². The second-order valence-corrected chi connectivity index (χ2v) is 4.52. The SMILES string of the molecule is COC(=O)O/C(=C\CC(C)(C)C#N)C(C)C. The Morgan fingerprint density at radius 2 is 2.06 bits per heavy atom. The number of ether oxygens (including phenoxy) is 2. The molecule has 90 valence electrons. The van der Waals surface area contributed by atoms with Crippen molar-refractivity contribution in [3.05, 3.63) is 11.8 Å². The minimum absolute atomic E-state index is 0.0774. The number of carbonyl (C=O) groups excluding carboxylic acids is 1. The minimum Gasteiger partial charge on any atom is -0.437 e. The first-order valence-corrected chi connectivity index (χ1v) is 5.19. The van der Waals surface area contributed by atoms with Crippen molar-refractivity contribution in [2.45, 2.75) is 34.1 Å². The van der Waals surface area contributed by atoms with Crippen molar-refractivity contribution in [3.63, 3.8) is 0 Å². The highest BCUT2D eigenvalue weighted by molar-refractivity contribution is 5.61. The van der Waals surface area contributed by atoms with Crippen LogP contribution < -0.4 is 0 Å². The van der Waals surface area contributed by atoms with Gasteiger partial charge in [-0.1, -0.05) is 13.8 Å². The van der Waals surface area contributed by atoms with E-state index >= 15 is 0 Å². The van der Waals surface area contributed by atoms with Crippen molar-refractivity contribution in [3.8, 4) is 6.07 Å². The lowest BCUT2D eigenvalue weighted by molar-refractivity contribution is 0.0901. The van der Waals surface area contributed by atoms with Crippen LogP contribution in [0, 0.1) is 22.7 Å². The second-order valence-electron chi connectivity index (χ2n) is 4.52. The maximum Gasteiger partial charge on any atom is 0.513 e. The van der Waals surface area contributed by atoms with Gasteiger partial charge in [0.2, 0.25) is 0 Å². The summed E-state index contributed by atoms with van der Waals surface area (Å²) >= 11 is 0. The quantitative estimate of drug-likeness (QED) is 0.544. The molecule has 0 aromatic rings. The topological polar surface area (TPSA) is 59.3 Å². The van der Waals surface area contributed by atoms with Gasteiger partial charge in [-0.15, -0.1) is 0 Å². The highest BCUT2D eigenvalue weighted by Crippen LogP contribution is 2.22. The number of allylic oxidation sites excluding steroid dienone is 2. The van der Waals surface area contributed by atoms with Gasteiger partial charge in [0.25, 0.3) is 0 Å². The second kappa shape index (κ2) is 6.16. The Balaban J connectivity index is 4.62. The Labute approximate surface area is 96.8 Å². The number of rotatable bonds is 4. The fourth-order valence-electron chi connectivity index (χ4n) is 0.935. The van der Waals surface area contributed by atoms with Crippen LogP contribution in [0.25, 0.3) is 0 Å². The van der Waals surface area contributed by atoms with Crippen molar-refractivity contribution in [1.29, 1.82) is 5.26 Å². The predicted molar refractivity (Wildman–Crippen MR) is 60.4 cm³/mol. The first kappa shape index (κ1) is 14.5. The van der Waals surface area contributed by atoms with Crippen LogP contribution in [-0.4, -0.2) is 13.3 Å². The predicted octanol–water partition coefficient (Wildman–Crippen LogP) is 3.25. The maximum absolute atomic E-state index is 11.0. The average Bonchev–Trinajstić information content (AvgIpc) is 2.23. The van der Waals surface area contributed by atoms with E-state index in [1.54, 1.807) is 6.08 Å². The molecule has 0 atom stereocenters. The molecular formula is C12H19NO3. The maximum atomic E-state index is 11.0. The molecule has 0 N–H and O–H groups in total. The molecule has 0 bridgehead atoms. The number of carbonyl (C=O) groups is 1.